The predicted molar refractivity (Wildman–Crippen MR) is 95.3 cm³/mol. The molecule has 1 saturated carbocycles. The van der Waals surface area contributed by atoms with Gasteiger partial charge in [0.15, 0.2) is 0 Å². The van der Waals surface area contributed by atoms with Gasteiger partial charge in [-0.25, -0.2) is 4.79 Å². The minimum Gasteiger partial charge on any atom is -0.489 e. The number of amides is 2. The molecular formula is C19H30N2O3. The van der Waals surface area contributed by atoms with Gasteiger partial charge in [-0.1, -0.05) is 25.5 Å². The number of ether oxygens (including phenoxy) is 1. The largest absolute Gasteiger partial charge is 0.489 e. The molecule has 5 heteroatoms. The standard InChI is InChI=1S/C19H30N2O3/c1-3-17(24-18-9-4-6-14(2)10-18)13-21-19(23)20-12-15-7-5-8-16(22)11-15/h4,6,9-10,15-17,22H,3,5,7-8,11-13H2,1-2H3,(H2,20,21,23). The van der Waals surface area contributed by atoms with Gasteiger partial charge in [0.1, 0.15) is 11.9 Å². The molecule has 2 amide bonds. The number of rotatable bonds is 7. The van der Waals surface area contributed by atoms with Gasteiger partial charge in [-0.2, -0.15) is 0 Å². The van der Waals surface area contributed by atoms with Crippen LogP contribution >= 0.6 is 0 Å². The summed E-state index contributed by atoms with van der Waals surface area (Å²) in [4.78, 5) is 12.0. The number of aliphatic hydroxyl groups is 1. The number of nitrogens with one attached hydrogen (secondary N) is 2. The van der Waals surface area contributed by atoms with Gasteiger partial charge >= 0.3 is 6.03 Å². The van der Waals surface area contributed by atoms with Gasteiger partial charge in [0.25, 0.3) is 0 Å². The predicted octanol–water partition coefficient (Wildman–Crippen LogP) is 3.00. The van der Waals surface area contributed by atoms with Crippen LogP contribution in [0, 0.1) is 12.8 Å². The van der Waals surface area contributed by atoms with Crippen LogP contribution in [0.5, 0.6) is 5.75 Å². The molecule has 0 saturated heterocycles. The second-order valence-electron chi connectivity index (χ2n) is 6.74. The van der Waals surface area contributed by atoms with Crippen LogP contribution in [0.1, 0.15) is 44.6 Å². The lowest BCUT2D eigenvalue weighted by molar-refractivity contribution is 0.101. The summed E-state index contributed by atoms with van der Waals surface area (Å²) in [6.07, 6.45) is 4.35. The summed E-state index contributed by atoms with van der Waals surface area (Å²) in [5.41, 5.74) is 1.16. The molecule has 5 nitrogen and oxygen atoms in total. The smallest absolute Gasteiger partial charge is 0.314 e. The van der Waals surface area contributed by atoms with Crippen molar-refractivity contribution in [3.05, 3.63) is 29.8 Å². The zero-order chi connectivity index (χ0) is 17.4. The number of benzene rings is 1. The number of aryl methyl sites for hydroxylation is 1. The Balaban J connectivity index is 1.69. The number of carbonyl (C=O) groups excluding carboxylic acids is 1. The van der Waals surface area contributed by atoms with Crippen LogP contribution in [0.25, 0.3) is 0 Å². The SMILES string of the molecule is CCC(CNC(=O)NCC1CCCC(O)C1)Oc1cccc(C)c1. The van der Waals surface area contributed by atoms with E-state index < -0.39 is 0 Å². The Morgan fingerprint density at radius 2 is 2.21 bits per heavy atom. The number of carbonyl (C=O) groups is 1. The lowest BCUT2D eigenvalue weighted by Crippen LogP contribution is -2.43. The Morgan fingerprint density at radius 3 is 2.92 bits per heavy atom. The Hall–Kier alpha value is -1.75. The Morgan fingerprint density at radius 1 is 1.38 bits per heavy atom. The zero-order valence-electron chi connectivity index (χ0n) is 14.8. The van der Waals surface area contributed by atoms with Gasteiger partial charge in [0.05, 0.1) is 12.6 Å². The molecule has 1 aliphatic rings. The number of hydrogen-bond acceptors (Lipinski definition) is 3. The van der Waals surface area contributed by atoms with Crippen molar-refractivity contribution in [1.29, 1.82) is 0 Å². The van der Waals surface area contributed by atoms with Crippen molar-refractivity contribution >= 4 is 6.03 Å². The monoisotopic (exact) mass is 334 g/mol. The molecule has 0 heterocycles. The quantitative estimate of drug-likeness (QED) is 0.718. The first-order valence-corrected chi connectivity index (χ1v) is 9.00. The lowest BCUT2D eigenvalue weighted by Gasteiger charge is -2.26. The second-order valence-corrected chi connectivity index (χ2v) is 6.74. The molecule has 0 radical (unpaired) electrons. The maximum absolute atomic E-state index is 12.0. The third-order valence-electron chi connectivity index (χ3n) is 4.54. The van der Waals surface area contributed by atoms with Crippen LogP contribution in [0.3, 0.4) is 0 Å². The third kappa shape index (κ3) is 6.40. The highest BCUT2D eigenvalue weighted by molar-refractivity contribution is 5.73. The molecule has 2 rings (SSSR count). The van der Waals surface area contributed by atoms with Crippen LogP contribution in [0.2, 0.25) is 0 Å². The van der Waals surface area contributed by atoms with E-state index in [1.807, 2.05) is 38.1 Å². The Labute approximate surface area is 144 Å². The maximum atomic E-state index is 12.0. The van der Waals surface area contributed by atoms with Crippen molar-refractivity contribution < 1.29 is 14.6 Å². The molecule has 0 bridgehead atoms. The van der Waals surface area contributed by atoms with Crippen molar-refractivity contribution in [2.45, 2.75) is 58.2 Å². The summed E-state index contributed by atoms with van der Waals surface area (Å²) < 4.78 is 5.93. The van der Waals surface area contributed by atoms with Gasteiger partial charge in [0.2, 0.25) is 0 Å². The summed E-state index contributed by atoms with van der Waals surface area (Å²) in [7, 11) is 0. The van der Waals surface area contributed by atoms with E-state index in [0.717, 1.165) is 43.4 Å². The fourth-order valence-electron chi connectivity index (χ4n) is 3.10. The highest BCUT2D eigenvalue weighted by atomic mass is 16.5. The zero-order valence-corrected chi connectivity index (χ0v) is 14.8. The van der Waals surface area contributed by atoms with Gasteiger partial charge in [-0.3, -0.25) is 0 Å². The molecule has 0 aliphatic heterocycles. The molecule has 3 N–H and O–H groups in total. The number of aliphatic hydroxyl groups excluding tert-OH is 1. The van der Waals surface area contributed by atoms with Crippen LogP contribution in [-0.4, -0.2) is 36.4 Å². The molecule has 1 aliphatic carbocycles. The van der Waals surface area contributed by atoms with Crippen LogP contribution in [0.4, 0.5) is 4.79 Å². The lowest BCUT2D eigenvalue weighted by atomic mass is 9.87. The summed E-state index contributed by atoms with van der Waals surface area (Å²) in [5.74, 6) is 1.21. The first kappa shape index (κ1) is 18.6. The van der Waals surface area contributed by atoms with Crippen LogP contribution in [0.15, 0.2) is 24.3 Å². The minimum atomic E-state index is -0.208. The molecule has 1 fully saturated rings. The van der Waals surface area contributed by atoms with E-state index in [1.165, 1.54) is 0 Å². The van der Waals surface area contributed by atoms with E-state index >= 15 is 0 Å². The van der Waals surface area contributed by atoms with Gasteiger partial charge in [-0.15, -0.1) is 0 Å². The van der Waals surface area contributed by atoms with Gasteiger partial charge < -0.3 is 20.5 Å². The minimum absolute atomic E-state index is 0.0472. The Bertz CT molecular complexity index is 521. The van der Waals surface area contributed by atoms with Crippen molar-refractivity contribution in [3.8, 4) is 5.75 Å². The number of hydrogen-bond donors (Lipinski definition) is 3. The summed E-state index contributed by atoms with van der Waals surface area (Å²) in [5, 5.41) is 15.5. The first-order chi connectivity index (χ1) is 11.6. The normalized spacial score (nSPS) is 21.8. The Kier molecular flexibility index (Phi) is 7.37. The molecule has 1 aromatic carbocycles. The average Bonchev–Trinajstić information content (AvgIpc) is 2.57. The topological polar surface area (TPSA) is 70.6 Å². The third-order valence-corrected chi connectivity index (χ3v) is 4.54. The molecule has 3 atom stereocenters. The van der Waals surface area contributed by atoms with E-state index in [1.54, 1.807) is 0 Å². The highest BCUT2D eigenvalue weighted by Gasteiger charge is 2.20. The molecule has 0 aromatic heterocycles. The van der Waals surface area contributed by atoms with Gasteiger partial charge in [-0.05, 0) is 56.2 Å². The fourth-order valence-corrected chi connectivity index (χ4v) is 3.10. The van der Waals surface area contributed by atoms with Gasteiger partial charge in [0, 0.05) is 6.54 Å². The maximum Gasteiger partial charge on any atom is 0.314 e. The van der Waals surface area contributed by atoms with E-state index in [4.69, 9.17) is 4.74 Å². The fraction of sp³-hybridized carbons (Fsp3) is 0.632. The van der Waals surface area contributed by atoms with Crippen molar-refractivity contribution in [2.75, 3.05) is 13.1 Å². The van der Waals surface area contributed by atoms with Crippen molar-refractivity contribution in [1.82, 2.24) is 10.6 Å². The molecule has 1 aromatic rings. The average molecular weight is 334 g/mol. The summed E-state index contributed by atoms with van der Waals surface area (Å²) >= 11 is 0. The summed E-state index contributed by atoms with van der Waals surface area (Å²) in [6.45, 7) is 5.17. The van der Waals surface area contributed by atoms with Crippen molar-refractivity contribution in [2.24, 2.45) is 5.92 Å². The second kappa shape index (κ2) is 9.52. The van der Waals surface area contributed by atoms with E-state index in [0.29, 0.717) is 19.0 Å². The van der Waals surface area contributed by atoms with Crippen molar-refractivity contribution in [3.63, 3.8) is 0 Å². The molecule has 24 heavy (non-hydrogen) atoms. The number of urea groups is 1. The molecule has 0 spiro atoms. The highest BCUT2D eigenvalue weighted by Crippen LogP contribution is 2.23. The summed E-state index contributed by atoms with van der Waals surface area (Å²) in [6, 6.07) is 7.76. The molecular weight excluding hydrogens is 304 g/mol. The van der Waals surface area contributed by atoms with E-state index in [-0.39, 0.29) is 18.2 Å². The molecule has 3 unspecified atom stereocenters. The van der Waals surface area contributed by atoms with Crippen LogP contribution in [-0.2, 0) is 0 Å². The van der Waals surface area contributed by atoms with E-state index in [2.05, 4.69) is 10.6 Å². The van der Waals surface area contributed by atoms with Crippen LogP contribution < -0.4 is 15.4 Å². The first-order valence-electron chi connectivity index (χ1n) is 9.00. The molecule has 134 valence electrons. The van der Waals surface area contributed by atoms with E-state index in [9.17, 15) is 9.90 Å².